The number of aryl methyl sites for hydroxylation is 1. The summed E-state index contributed by atoms with van der Waals surface area (Å²) in [5.74, 6) is 3.49. The van der Waals surface area contributed by atoms with Gasteiger partial charge in [0, 0.05) is 31.7 Å². The Labute approximate surface area is 116 Å². The summed E-state index contributed by atoms with van der Waals surface area (Å²) in [6.07, 6.45) is 0. The van der Waals surface area contributed by atoms with Gasteiger partial charge in [0.2, 0.25) is 0 Å². The fourth-order valence-electron chi connectivity index (χ4n) is 2.96. The molecule has 0 aromatic carbocycles. The summed E-state index contributed by atoms with van der Waals surface area (Å²) in [4.78, 5) is 13.8. The standard InChI is InChI=1S/C14H25N5/c1-9-7-19(8-12(9)18(5)6)14-10(2)13(15-4)16-11(3)17-14/h9,12H,7-8H2,1-6H3,(H,15,16,17). The Kier molecular flexibility index (Phi) is 3.94. The van der Waals surface area contributed by atoms with E-state index in [1.54, 1.807) is 0 Å². The van der Waals surface area contributed by atoms with Crippen LogP contribution in [0.3, 0.4) is 0 Å². The minimum Gasteiger partial charge on any atom is -0.373 e. The number of rotatable bonds is 3. The quantitative estimate of drug-likeness (QED) is 0.896. The maximum Gasteiger partial charge on any atom is 0.137 e. The van der Waals surface area contributed by atoms with Crippen LogP contribution in [0.5, 0.6) is 0 Å². The number of likely N-dealkylation sites (N-methyl/N-ethyl adjacent to an activating group) is 1. The first kappa shape index (κ1) is 14.1. The highest BCUT2D eigenvalue weighted by Crippen LogP contribution is 2.29. The molecule has 1 aliphatic rings. The van der Waals surface area contributed by atoms with Gasteiger partial charge in [-0.15, -0.1) is 0 Å². The molecule has 2 heterocycles. The van der Waals surface area contributed by atoms with Crippen molar-refractivity contribution >= 4 is 11.6 Å². The molecule has 2 rings (SSSR count). The average molecular weight is 263 g/mol. The summed E-state index contributed by atoms with van der Waals surface area (Å²) in [6.45, 7) is 8.45. The molecule has 106 valence electrons. The zero-order chi connectivity index (χ0) is 14.2. The predicted molar refractivity (Wildman–Crippen MR) is 79.9 cm³/mol. The zero-order valence-electron chi connectivity index (χ0n) is 12.9. The molecule has 0 saturated carbocycles. The number of hydrogen-bond acceptors (Lipinski definition) is 5. The monoisotopic (exact) mass is 263 g/mol. The molecular formula is C14H25N5. The second-order valence-corrected chi connectivity index (χ2v) is 5.73. The molecule has 5 nitrogen and oxygen atoms in total. The Morgan fingerprint density at radius 1 is 1.21 bits per heavy atom. The Hall–Kier alpha value is -1.36. The van der Waals surface area contributed by atoms with Gasteiger partial charge in [-0.3, -0.25) is 0 Å². The van der Waals surface area contributed by atoms with Crippen molar-refractivity contribution in [1.29, 1.82) is 0 Å². The summed E-state index contributed by atoms with van der Waals surface area (Å²) in [6, 6.07) is 0.590. The van der Waals surface area contributed by atoms with Crippen molar-refractivity contribution < 1.29 is 0 Å². The molecular weight excluding hydrogens is 238 g/mol. The van der Waals surface area contributed by atoms with Gasteiger partial charge in [0.15, 0.2) is 0 Å². The minimum atomic E-state index is 0.590. The maximum atomic E-state index is 4.65. The fourth-order valence-corrected chi connectivity index (χ4v) is 2.96. The van der Waals surface area contributed by atoms with Crippen molar-refractivity contribution in [2.24, 2.45) is 5.92 Å². The van der Waals surface area contributed by atoms with E-state index in [1.807, 2.05) is 14.0 Å². The van der Waals surface area contributed by atoms with Crippen LogP contribution in [0.4, 0.5) is 11.6 Å². The van der Waals surface area contributed by atoms with E-state index in [9.17, 15) is 0 Å². The smallest absolute Gasteiger partial charge is 0.137 e. The third kappa shape index (κ3) is 2.66. The first-order valence-electron chi connectivity index (χ1n) is 6.88. The predicted octanol–water partition coefficient (Wildman–Crippen LogP) is 1.52. The van der Waals surface area contributed by atoms with Crippen molar-refractivity contribution in [3.8, 4) is 0 Å². The van der Waals surface area contributed by atoms with E-state index in [-0.39, 0.29) is 0 Å². The largest absolute Gasteiger partial charge is 0.373 e. The molecule has 1 N–H and O–H groups in total. The summed E-state index contributed by atoms with van der Waals surface area (Å²) in [7, 11) is 6.22. The summed E-state index contributed by atoms with van der Waals surface area (Å²) >= 11 is 0. The fraction of sp³-hybridized carbons (Fsp3) is 0.714. The van der Waals surface area contributed by atoms with Crippen molar-refractivity contribution in [3.05, 3.63) is 11.4 Å². The second-order valence-electron chi connectivity index (χ2n) is 5.73. The first-order chi connectivity index (χ1) is 8.93. The lowest BCUT2D eigenvalue weighted by atomic mass is 10.1. The van der Waals surface area contributed by atoms with Crippen LogP contribution >= 0.6 is 0 Å². The van der Waals surface area contributed by atoms with Gasteiger partial charge in [0.1, 0.15) is 17.5 Å². The van der Waals surface area contributed by atoms with Gasteiger partial charge >= 0.3 is 0 Å². The SMILES string of the molecule is CNc1nc(C)nc(N2CC(C)C(N(C)C)C2)c1C. The highest BCUT2D eigenvalue weighted by molar-refractivity contribution is 5.59. The Balaban J connectivity index is 2.31. The molecule has 1 saturated heterocycles. The first-order valence-corrected chi connectivity index (χ1v) is 6.88. The average Bonchev–Trinajstić information content (AvgIpc) is 2.73. The van der Waals surface area contributed by atoms with Gasteiger partial charge in [-0.1, -0.05) is 6.92 Å². The van der Waals surface area contributed by atoms with Gasteiger partial charge in [0.25, 0.3) is 0 Å². The highest BCUT2D eigenvalue weighted by Gasteiger charge is 2.32. The number of aromatic nitrogens is 2. The normalized spacial score (nSPS) is 23.2. The molecule has 1 aliphatic heterocycles. The van der Waals surface area contributed by atoms with Gasteiger partial charge in [-0.2, -0.15) is 0 Å². The lowest BCUT2D eigenvalue weighted by Crippen LogP contribution is -2.34. The van der Waals surface area contributed by atoms with Crippen LogP contribution in [-0.2, 0) is 0 Å². The van der Waals surface area contributed by atoms with Crippen LogP contribution in [0.15, 0.2) is 0 Å². The van der Waals surface area contributed by atoms with E-state index < -0.39 is 0 Å². The molecule has 0 aliphatic carbocycles. The van der Waals surface area contributed by atoms with Gasteiger partial charge in [0.05, 0.1) is 0 Å². The van der Waals surface area contributed by atoms with Crippen LogP contribution in [0.25, 0.3) is 0 Å². The second kappa shape index (κ2) is 5.33. The van der Waals surface area contributed by atoms with E-state index in [2.05, 4.69) is 53.0 Å². The Morgan fingerprint density at radius 2 is 1.89 bits per heavy atom. The molecule has 19 heavy (non-hydrogen) atoms. The molecule has 0 bridgehead atoms. The zero-order valence-corrected chi connectivity index (χ0v) is 12.9. The number of nitrogens with zero attached hydrogens (tertiary/aromatic N) is 4. The van der Waals surface area contributed by atoms with E-state index >= 15 is 0 Å². The van der Waals surface area contributed by atoms with E-state index in [0.29, 0.717) is 12.0 Å². The number of hydrogen-bond donors (Lipinski definition) is 1. The van der Waals surface area contributed by atoms with E-state index in [0.717, 1.165) is 36.1 Å². The van der Waals surface area contributed by atoms with E-state index in [1.165, 1.54) is 0 Å². The molecule has 0 spiro atoms. The molecule has 0 radical (unpaired) electrons. The molecule has 2 unspecified atom stereocenters. The van der Waals surface area contributed by atoms with E-state index in [4.69, 9.17) is 0 Å². The summed E-state index contributed by atoms with van der Waals surface area (Å²) in [5, 5.41) is 3.16. The molecule has 5 heteroatoms. The van der Waals surface area contributed by atoms with Crippen LogP contribution in [-0.4, -0.2) is 55.1 Å². The van der Waals surface area contributed by atoms with Crippen molar-refractivity contribution in [3.63, 3.8) is 0 Å². The van der Waals surface area contributed by atoms with Gasteiger partial charge in [-0.25, -0.2) is 9.97 Å². The minimum absolute atomic E-state index is 0.590. The van der Waals surface area contributed by atoms with Crippen LogP contribution in [0, 0.1) is 19.8 Å². The van der Waals surface area contributed by atoms with Crippen LogP contribution in [0.1, 0.15) is 18.3 Å². The van der Waals surface area contributed by atoms with Crippen molar-refractivity contribution in [1.82, 2.24) is 14.9 Å². The molecule has 0 amide bonds. The molecule has 2 atom stereocenters. The third-order valence-electron chi connectivity index (χ3n) is 4.00. The van der Waals surface area contributed by atoms with Crippen molar-refractivity contribution in [2.45, 2.75) is 26.8 Å². The van der Waals surface area contributed by atoms with Crippen LogP contribution in [0.2, 0.25) is 0 Å². The lowest BCUT2D eigenvalue weighted by Gasteiger charge is -2.23. The molecule has 1 fully saturated rings. The maximum absolute atomic E-state index is 4.65. The van der Waals surface area contributed by atoms with Crippen LogP contribution < -0.4 is 10.2 Å². The number of anilines is 2. The van der Waals surface area contributed by atoms with Gasteiger partial charge in [-0.05, 0) is 33.9 Å². The van der Waals surface area contributed by atoms with Gasteiger partial charge < -0.3 is 15.1 Å². The lowest BCUT2D eigenvalue weighted by molar-refractivity contribution is 0.266. The molecule has 1 aromatic heterocycles. The van der Waals surface area contributed by atoms with Crippen molar-refractivity contribution in [2.75, 3.05) is 44.4 Å². The number of nitrogens with one attached hydrogen (secondary N) is 1. The molecule has 1 aromatic rings. The Morgan fingerprint density at radius 3 is 2.42 bits per heavy atom. The highest BCUT2D eigenvalue weighted by atomic mass is 15.3. The Bertz CT molecular complexity index is 457. The summed E-state index contributed by atoms with van der Waals surface area (Å²) in [5.41, 5.74) is 1.14. The topological polar surface area (TPSA) is 44.3 Å². The summed E-state index contributed by atoms with van der Waals surface area (Å²) < 4.78 is 0. The third-order valence-corrected chi connectivity index (χ3v) is 4.00.